The first-order chi connectivity index (χ1) is 8.58. The van der Waals surface area contributed by atoms with Crippen molar-refractivity contribution < 1.29 is 29.3 Å². The summed E-state index contributed by atoms with van der Waals surface area (Å²) in [5, 5.41) is 21.3. The number of nitrogens with one attached hydrogen (secondary N) is 1. The molecule has 2 aliphatic heterocycles. The minimum Gasteiger partial charge on any atom is -0.394 e. The van der Waals surface area contributed by atoms with Crippen molar-refractivity contribution in [2.24, 2.45) is 0 Å². The molecule has 8 nitrogen and oxygen atoms in total. The second-order valence-corrected chi connectivity index (χ2v) is 4.24. The molecule has 2 rings (SSSR count). The number of amides is 3. The van der Waals surface area contributed by atoms with Crippen LogP contribution in [0.15, 0.2) is 0 Å². The van der Waals surface area contributed by atoms with Gasteiger partial charge in [-0.3, -0.25) is 15.0 Å². The van der Waals surface area contributed by atoms with Crippen molar-refractivity contribution in [1.29, 1.82) is 0 Å². The van der Waals surface area contributed by atoms with Crippen LogP contribution in [-0.2, 0) is 14.3 Å². The standard InChI is InChI=1S/C10H16N2O6/c1-17-8-5(4-13)18-9(7(8)15)12-3-2-6(14)11-10(12)16/h5,7-9,13,15H,2-4H2,1H3,(H,11,14,16)/t5-,7-,8-,9-/m1/s1. The number of methoxy groups -OCH3 is 1. The van der Waals surface area contributed by atoms with Crippen LogP contribution in [-0.4, -0.2) is 71.9 Å². The van der Waals surface area contributed by atoms with Crippen molar-refractivity contribution >= 4 is 11.9 Å². The number of carbonyl (C=O) groups excluding carboxylic acids is 2. The van der Waals surface area contributed by atoms with E-state index in [2.05, 4.69) is 5.32 Å². The van der Waals surface area contributed by atoms with Gasteiger partial charge in [-0.1, -0.05) is 0 Å². The maximum absolute atomic E-state index is 11.6. The van der Waals surface area contributed by atoms with Gasteiger partial charge in [-0.25, -0.2) is 4.79 Å². The van der Waals surface area contributed by atoms with E-state index < -0.39 is 30.6 Å². The Morgan fingerprint density at radius 2 is 2.28 bits per heavy atom. The lowest BCUT2D eigenvalue weighted by Crippen LogP contribution is -2.56. The van der Waals surface area contributed by atoms with E-state index in [0.717, 1.165) is 0 Å². The molecule has 102 valence electrons. The highest BCUT2D eigenvalue weighted by Crippen LogP contribution is 2.26. The van der Waals surface area contributed by atoms with E-state index in [1.165, 1.54) is 12.0 Å². The molecule has 8 heteroatoms. The molecule has 2 saturated heterocycles. The van der Waals surface area contributed by atoms with Crippen LogP contribution in [0.1, 0.15) is 6.42 Å². The number of rotatable bonds is 3. The molecule has 2 heterocycles. The van der Waals surface area contributed by atoms with E-state index in [1.807, 2.05) is 0 Å². The lowest BCUT2D eigenvalue weighted by molar-refractivity contribution is -0.125. The Balaban J connectivity index is 2.09. The maximum Gasteiger partial charge on any atom is 0.326 e. The molecule has 2 fully saturated rings. The summed E-state index contributed by atoms with van der Waals surface area (Å²) in [5.41, 5.74) is 0. The van der Waals surface area contributed by atoms with Crippen molar-refractivity contribution in [3.63, 3.8) is 0 Å². The molecule has 0 aliphatic carbocycles. The number of hydrogen-bond acceptors (Lipinski definition) is 6. The summed E-state index contributed by atoms with van der Waals surface area (Å²) in [7, 11) is 1.39. The average molecular weight is 260 g/mol. The van der Waals surface area contributed by atoms with Crippen LogP contribution in [0.2, 0.25) is 0 Å². The molecule has 0 aromatic carbocycles. The lowest BCUT2D eigenvalue weighted by atomic mass is 10.1. The second-order valence-electron chi connectivity index (χ2n) is 4.24. The van der Waals surface area contributed by atoms with Crippen molar-refractivity contribution in [3.8, 4) is 0 Å². The molecule has 3 amide bonds. The molecule has 0 radical (unpaired) electrons. The monoisotopic (exact) mass is 260 g/mol. The van der Waals surface area contributed by atoms with Crippen LogP contribution in [0.4, 0.5) is 4.79 Å². The van der Waals surface area contributed by atoms with Gasteiger partial charge in [0.25, 0.3) is 0 Å². The third kappa shape index (κ3) is 2.19. The summed E-state index contributed by atoms with van der Waals surface area (Å²) in [6, 6.07) is -0.608. The summed E-state index contributed by atoms with van der Waals surface area (Å²) in [6.07, 6.45) is -3.23. The van der Waals surface area contributed by atoms with E-state index in [0.29, 0.717) is 0 Å². The van der Waals surface area contributed by atoms with E-state index >= 15 is 0 Å². The maximum atomic E-state index is 11.6. The van der Waals surface area contributed by atoms with Gasteiger partial charge in [0, 0.05) is 20.1 Å². The Kier molecular flexibility index (Phi) is 3.81. The molecular formula is C10H16N2O6. The predicted molar refractivity (Wildman–Crippen MR) is 57.4 cm³/mol. The lowest BCUT2D eigenvalue weighted by Gasteiger charge is -2.32. The number of carbonyl (C=O) groups is 2. The van der Waals surface area contributed by atoms with Gasteiger partial charge in [0.15, 0.2) is 6.23 Å². The molecule has 0 unspecified atom stereocenters. The fourth-order valence-corrected chi connectivity index (χ4v) is 2.24. The van der Waals surface area contributed by atoms with Crippen LogP contribution in [0.5, 0.6) is 0 Å². The minimum absolute atomic E-state index is 0.153. The molecule has 0 bridgehead atoms. The minimum atomic E-state index is -1.06. The topological polar surface area (TPSA) is 108 Å². The number of urea groups is 1. The molecule has 18 heavy (non-hydrogen) atoms. The Hall–Kier alpha value is -1.22. The van der Waals surface area contributed by atoms with E-state index in [4.69, 9.17) is 14.6 Å². The quantitative estimate of drug-likeness (QED) is 0.543. The van der Waals surface area contributed by atoms with Crippen molar-refractivity contribution in [1.82, 2.24) is 10.2 Å². The summed E-state index contributed by atoms with van der Waals surface area (Å²) in [6.45, 7) is -0.151. The van der Waals surface area contributed by atoms with Crippen LogP contribution < -0.4 is 5.32 Å². The Labute approximate surface area is 103 Å². The third-order valence-electron chi connectivity index (χ3n) is 3.16. The SMILES string of the molecule is CO[C@H]1[C@@H](O)[C@H](N2CCC(=O)NC2=O)O[C@@H]1CO. The van der Waals surface area contributed by atoms with Gasteiger partial charge in [-0.15, -0.1) is 0 Å². The largest absolute Gasteiger partial charge is 0.394 e. The third-order valence-corrected chi connectivity index (χ3v) is 3.16. The fraction of sp³-hybridized carbons (Fsp3) is 0.800. The predicted octanol–water partition coefficient (Wildman–Crippen LogP) is -1.98. The number of imide groups is 1. The molecule has 0 saturated carbocycles. The molecule has 2 aliphatic rings. The summed E-state index contributed by atoms with van der Waals surface area (Å²) < 4.78 is 10.4. The molecule has 0 aromatic heterocycles. The number of aliphatic hydroxyl groups is 2. The van der Waals surface area contributed by atoms with Gasteiger partial charge in [0.1, 0.15) is 18.3 Å². The first-order valence-electron chi connectivity index (χ1n) is 5.66. The zero-order chi connectivity index (χ0) is 13.3. The van der Waals surface area contributed by atoms with Gasteiger partial charge in [-0.2, -0.15) is 0 Å². The second kappa shape index (κ2) is 5.19. The summed E-state index contributed by atoms with van der Waals surface area (Å²) in [4.78, 5) is 23.9. The number of nitrogens with zero attached hydrogens (tertiary/aromatic N) is 1. The van der Waals surface area contributed by atoms with Gasteiger partial charge >= 0.3 is 6.03 Å². The van der Waals surface area contributed by atoms with Crippen LogP contribution >= 0.6 is 0 Å². The van der Waals surface area contributed by atoms with Crippen molar-refractivity contribution in [2.75, 3.05) is 20.3 Å². The average Bonchev–Trinajstić information content (AvgIpc) is 2.66. The highest BCUT2D eigenvalue weighted by molar-refractivity contribution is 5.96. The van der Waals surface area contributed by atoms with Crippen molar-refractivity contribution in [3.05, 3.63) is 0 Å². The van der Waals surface area contributed by atoms with Crippen LogP contribution in [0, 0.1) is 0 Å². The normalized spacial score (nSPS) is 36.9. The highest BCUT2D eigenvalue weighted by Gasteiger charge is 2.48. The number of ether oxygens (including phenoxy) is 2. The van der Waals surface area contributed by atoms with Gasteiger partial charge in [0.2, 0.25) is 5.91 Å². The summed E-state index contributed by atoms with van der Waals surface area (Å²) >= 11 is 0. The Bertz CT molecular complexity index is 349. The van der Waals surface area contributed by atoms with Gasteiger partial charge in [0.05, 0.1) is 6.61 Å². The van der Waals surface area contributed by atoms with Crippen LogP contribution in [0.3, 0.4) is 0 Å². The zero-order valence-electron chi connectivity index (χ0n) is 9.91. The smallest absolute Gasteiger partial charge is 0.326 e. The van der Waals surface area contributed by atoms with Crippen LogP contribution in [0.25, 0.3) is 0 Å². The molecule has 3 N–H and O–H groups in total. The van der Waals surface area contributed by atoms with E-state index in [1.54, 1.807) is 0 Å². The van der Waals surface area contributed by atoms with Gasteiger partial charge in [-0.05, 0) is 0 Å². The molecule has 0 spiro atoms. The number of hydrogen-bond donors (Lipinski definition) is 3. The molecule has 4 atom stereocenters. The van der Waals surface area contributed by atoms with E-state index in [-0.39, 0.29) is 25.5 Å². The fourth-order valence-electron chi connectivity index (χ4n) is 2.24. The van der Waals surface area contributed by atoms with E-state index in [9.17, 15) is 14.7 Å². The Morgan fingerprint density at radius 3 is 2.78 bits per heavy atom. The van der Waals surface area contributed by atoms with Crippen molar-refractivity contribution in [2.45, 2.75) is 31.0 Å². The zero-order valence-corrected chi connectivity index (χ0v) is 9.91. The Morgan fingerprint density at radius 1 is 1.56 bits per heavy atom. The first kappa shape index (κ1) is 13.2. The number of aliphatic hydroxyl groups excluding tert-OH is 2. The molecular weight excluding hydrogens is 244 g/mol. The van der Waals surface area contributed by atoms with Gasteiger partial charge < -0.3 is 19.7 Å². The first-order valence-corrected chi connectivity index (χ1v) is 5.66. The highest BCUT2D eigenvalue weighted by atomic mass is 16.6. The summed E-state index contributed by atoms with van der Waals surface area (Å²) in [5.74, 6) is -0.356. The molecule has 0 aromatic rings.